The van der Waals surface area contributed by atoms with E-state index in [1.165, 1.54) is 6.92 Å². The molecule has 0 fully saturated rings. The zero-order valence-electron chi connectivity index (χ0n) is 8.54. The molecule has 0 aromatic carbocycles. The lowest BCUT2D eigenvalue weighted by atomic mass is 10.1. The van der Waals surface area contributed by atoms with Crippen LogP contribution in [-0.2, 0) is 19.2 Å². The van der Waals surface area contributed by atoms with Crippen LogP contribution in [0.4, 0.5) is 0 Å². The van der Waals surface area contributed by atoms with Gasteiger partial charge in [-0.15, -0.1) is 0 Å². The van der Waals surface area contributed by atoms with Crippen molar-refractivity contribution in [3.05, 3.63) is 0 Å². The van der Waals surface area contributed by atoms with E-state index in [0.717, 1.165) is 6.42 Å². The zero-order valence-corrected chi connectivity index (χ0v) is 8.54. The first-order valence-corrected chi connectivity index (χ1v) is 4.08. The molecule has 3 radical (unpaired) electrons. The van der Waals surface area contributed by atoms with Gasteiger partial charge in [0.1, 0.15) is 11.6 Å². The number of ketones is 2. The molecule has 0 unspecified atom stereocenters. The zero-order chi connectivity index (χ0) is 10.7. The number of hydrogen-bond donors (Lipinski definition) is 0. The van der Waals surface area contributed by atoms with Gasteiger partial charge in [-0.05, 0) is 13.3 Å². The maximum Gasteiger partial charge on any atom is 0.373 e. The summed E-state index contributed by atoms with van der Waals surface area (Å²) >= 11 is 0. The van der Waals surface area contributed by atoms with Gasteiger partial charge in [-0.3, -0.25) is 4.79 Å². The van der Waals surface area contributed by atoms with Gasteiger partial charge in [0.2, 0.25) is 0 Å². The van der Waals surface area contributed by atoms with Crippen molar-refractivity contribution in [2.75, 3.05) is 0 Å². The molecule has 0 N–H and O–H groups in total. The smallest absolute Gasteiger partial charge is 0.300 e. The second-order valence-corrected chi connectivity index (χ2v) is 2.57. The first-order chi connectivity index (χ1) is 6.08. The SMILES string of the molecule is CCCC(=O)CCC(C)=O.O=C=O.[B]. The molecule has 0 aromatic heterocycles. The summed E-state index contributed by atoms with van der Waals surface area (Å²) in [5.74, 6) is 0.308. The van der Waals surface area contributed by atoms with Crippen molar-refractivity contribution in [2.45, 2.75) is 39.5 Å². The fourth-order valence-electron chi connectivity index (χ4n) is 0.719. The maximum absolute atomic E-state index is 10.8. The fourth-order valence-corrected chi connectivity index (χ4v) is 0.719. The Balaban J connectivity index is -0.000000267. The molecule has 0 rings (SSSR count). The first kappa shape index (κ1) is 18.5. The molecule has 0 aliphatic heterocycles. The number of Topliss-reactive ketones (excluding diaryl/α,β-unsaturated/α-hetero) is 2. The highest BCUT2D eigenvalue weighted by Gasteiger charge is 2.01. The molecule has 0 spiro atoms. The van der Waals surface area contributed by atoms with Crippen molar-refractivity contribution in [1.29, 1.82) is 0 Å². The monoisotopic (exact) mass is 197 g/mol. The predicted molar refractivity (Wildman–Crippen MR) is 50.6 cm³/mol. The molecule has 0 bridgehead atoms. The minimum absolute atomic E-state index is 0. The van der Waals surface area contributed by atoms with Crippen LogP contribution < -0.4 is 0 Å². The van der Waals surface area contributed by atoms with Crippen LogP contribution in [0.15, 0.2) is 0 Å². The third kappa shape index (κ3) is 22.4. The highest BCUT2D eigenvalue weighted by molar-refractivity contribution is 5.84. The molecule has 4 nitrogen and oxygen atoms in total. The topological polar surface area (TPSA) is 68.3 Å². The van der Waals surface area contributed by atoms with E-state index in [-0.39, 0.29) is 26.1 Å². The van der Waals surface area contributed by atoms with Gasteiger partial charge in [-0.1, -0.05) is 6.92 Å². The van der Waals surface area contributed by atoms with Gasteiger partial charge in [0.15, 0.2) is 0 Å². The highest BCUT2D eigenvalue weighted by Crippen LogP contribution is 1.97. The van der Waals surface area contributed by atoms with Crippen molar-refractivity contribution in [1.82, 2.24) is 0 Å². The van der Waals surface area contributed by atoms with Crippen LogP contribution >= 0.6 is 0 Å². The van der Waals surface area contributed by atoms with E-state index >= 15 is 0 Å². The summed E-state index contributed by atoms with van der Waals surface area (Å²) in [5, 5.41) is 0. The molecule has 77 valence electrons. The van der Waals surface area contributed by atoms with E-state index in [1.54, 1.807) is 0 Å². The average Bonchev–Trinajstić information content (AvgIpc) is 2.03. The number of hydrogen-bond acceptors (Lipinski definition) is 4. The van der Waals surface area contributed by atoms with Gasteiger partial charge in [-0.2, -0.15) is 9.59 Å². The third-order valence-electron chi connectivity index (χ3n) is 1.28. The van der Waals surface area contributed by atoms with Crippen LogP contribution in [0.1, 0.15) is 39.5 Å². The van der Waals surface area contributed by atoms with Gasteiger partial charge in [0.05, 0.1) is 0 Å². The molecule has 0 aliphatic rings. The van der Waals surface area contributed by atoms with E-state index in [4.69, 9.17) is 9.59 Å². The van der Waals surface area contributed by atoms with Gasteiger partial charge < -0.3 is 4.79 Å². The molecule has 5 heteroatoms. The summed E-state index contributed by atoms with van der Waals surface area (Å²) < 4.78 is 0. The Morgan fingerprint density at radius 1 is 1.07 bits per heavy atom. The van der Waals surface area contributed by atoms with E-state index in [1.807, 2.05) is 6.92 Å². The summed E-state index contributed by atoms with van der Waals surface area (Å²) in [6.07, 6.45) is 2.60. The Hall–Kier alpha value is -1.22. The maximum atomic E-state index is 10.8. The summed E-state index contributed by atoms with van der Waals surface area (Å²) in [6.45, 7) is 3.48. The molecule has 14 heavy (non-hydrogen) atoms. The number of carbonyl (C=O) groups is 2. The Morgan fingerprint density at radius 3 is 1.79 bits per heavy atom. The number of carbonyl (C=O) groups excluding carboxylic acids is 4. The second-order valence-electron chi connectivity index (χ2n) is 2.57. The van der Waals surface area contributed by atoms with Crippen LogP contribution in [0.5, 0.6) is 0 Å². The van der Waals surface area contributed by atoms with Gasteiger partial charge >= 0.3 is 6.15 Å². The van der Waals surface area contributed by atoms with E-state index in [0.29, 0.717) is 19.3 Å². The summed E-state index contributed by atoms with van der Waals surface area (Å²) in [6, 6.07) is 0. The minimum Gasteiger partial charge on any atom is -0.300 e. The quantitative estimate of drug-likeness (QED) is 0.610. The Labute approximate surface area is 85.6 Å². The van der Waals surface area contributed by atoms with Crippen molar-refractivity contribution in [2.24, 2.45) is 0 Å². The largest absolute Gasteiger partial charge is 0.373 e. The van der Waals surface area contributed by atoms with Crippen molar-refractivity contribution in [3.63, 3.8) is 0 Å². The van der Waals surface area contributed by atoms with Crippen LogP contribution in [0.2, 0.25) is 0 Å². The lowest BCUT2D eigenvalue weighted by Crippen LogP contribution is -2.00. The average molecular weight is 197 g/mol. The molecular weight excluding hydrogens is 183 g/mol. The van der Waals surface area contributed by atoms with Crippen LogP contribution in [0.3, 0.4) is 0 Å². The third-order valence-corrected chi connectivity index (χ3v) is 1.28. The van der Waals surface area contributed by atoms with Crippen molar-refractivity contribution < 1.29 is 19.2 Å². The molecule has 0 aromatic rings. The van der Waals surface area contributed by atoms with Crippen molar-refractivity contribution >= 4 is 26.1 Å². The van der Waals surface area contributed by atoms with E-state index in [9.17, 15) is 9.59 Å². The Kier molecular flexibility index (Phi) is 19.0. The molecule has 0 saturated heterocycles. The van der Waals surface area contributed by atoms with Crippen LogP contribution in [0.25, 0.3) is 0 Å². The van der Waals surface area contributed by atoms with E-state index in [2.05, 4.69) is 0 Å². The van der Waals surface area contributed by atoms with Crippen LogP contribution in [-0.4, -0.2) is 26.1 Å². The molecule has 0 saturated carbocycles. The van der Waals surface area contributed by atoms with Crippen molar-refractivity contribution in [3.8, 4) is 0 Å². The minimum atomic E-state index is 0. The van der Waals surface area contributed by atoms with E-state index < -0.39 is 0 Å². The van der Waals surface area contributed by atoms with Crippen LogP contribution in [0, 0.1) is 0 Å². The highest BCUT2D eigenvalue weighted by atomic mass is 16.2. The molecule has 0 atom stereocenters. The molecule has 0 heterocycles. The normalized spacial score (nSPS) is 7.29. The molecule has 0 aliphatic carbocycles. The fraction of sp³-hybridized carbons (Fsp3) is 0.667. The first-order valence-electron chi connectivity index (χ1n) is 4.08. The second kappa shape index (κ2) is 14.3. The molecular formula is C9H14BO4. The predicted octanol–water partition coefficient (Wildman–Crippen LogP) is 0.760. The lowest BCUT2D eigenvalue weighted by Gasteiger charge is -1.93. The lowest BCUT2D eigenvalue weighted by molar-refractivity contribution is -0.191. The Bertz CT molecular complexity index is 195. The standard InChI is InChI=1S/C8H14O2.CO2.B/c1-3-4-8(10)6-5-7(2)9;2-1-3;/h3-6H2,1-2H3;;. The van der Waals surface area contributed by atoms with Gasteiger partial charge in [-0.25, -0.2) is 0 Å². The summed E-state index contributed by atoms with van der Waals surface area (Å²) in [7, 11) is 0. The summed E-state index contributed by atoms with van der Waals surface area (Å²) in [4.78, 5) is 37.4. The summed E-state index contributed by atoms with van der Waals surface area (Å²) in [5.41, 5.74) is 0. The number of rotatable bonds is 5. The van der Waals surface area contributed by atoms with Gasteiger partial charge in [0.25, 0.3) is 0 Å². The molecule has 0 amide bonds. The Morgan fingerprint density at radius 2 is 1.50 bits per heavy atom. The van der Waals surface area contributed by atoms with Gasteiger partial charge in [0, 0.05) is 27.7 Å².